The number of benzene rings is 1. The fourth-order valence-electron chi connectivity index (χ4n) is 1.83. The lowest BCUT2D eigenvalue weighted by atomic mass is 9.99. The summed E-state index contributed by atoms with van der Waals surface area (Å²) in [5.41, 5.74) is 5.82. The molecule has 2 aromatic rings. The number of hydrogen-bond acceptors (Lipinski definition) is 3. The fourth-order valence-corrected chi connectivity index (χ4v) is 1.83. The molecule has 3 heteroatoms. The maximum atomic E-state index is 5.05. The van der Waals surface area contributed by atoms with Crippen LogP contribution in [-0.2, 0) is 0 Å². The van der Waals surface area contributed by atoms with Crippen LogP contribution < -0.4 is 4.74 Å². The predicted octanol–water partition coefficient (Wildman–Crippen LogP) is 3.08. The van der Waals surface area contributed by atoms with Crippen LogP contribution in [0.5, 0.6) is 6.01 Å². The molecule has 88 valence electrons. The van der Waals surface area contributed by atoms with E-state index in [1.54, 1.807) is 13.3 Å². The first-order valence-corrected chi connectivity index (χ1v) is 5.57. The van der Waals surface area contributed by atoms with E-state index >= 15 is 0 Å². The number of ether oxygens (including phenoxy) is 1. The zero-order chi connectivity index (χ0) is 12.4. The third kappa shape index (κ3) is 2.28. The second kappa shape index (κ2) is 4.53. The van der Waals surface area contributed by atoms with Gasteiger partial charge in [-0.2, -0.15) is 4.98 Å². The van der Waals surface area contributed by atoms with E-state index < -0.39 is 0 Å². The Balaban J connectivity index is 2.56. The second-order valence-electron chi connectivity index (χ2n) is 4.18. The van der Waals surface area contributed by atoms with E-state index in [2.05, 4.69) is 42.9 Å². The number of rotatable bonds is 2. The standard InChI is InChI=1S/C14H16N2O/c1-9-7-11(3)12(8-10(9)2)13-5-6-15-14(16-13)17-4/h5-8H,1-4H3. The average molecular weight is 228 g/mol. The molecule has 1 aromatic heterocycles. The Hall–Kier alpha value is -1.90. The van der Waals surface area contributed by atoms with Gasteiger partial charge in [0.25, 0.3) is 0 Å². The zero-order valence-electron chi connectivity index (χ0n) is 10.6. The number of nitrogens with zero attached hydrogens (tertiary/aromatic N) is 2. The van der Waals surface area contributed by atoms with E-state index in [1.165, 1.54) is 16.7 Å². The molecule has 0 bridgehead atoms. The summed E-state index contributed by atoms with van der Waals surface area (Å²) in [7, 11) is 1.58. The van der Waals surface area contributed by atoms with Crippen molar-refractivity contribution in [3.8, 4) is 17.3 Å². The Labute approximate surface area is 102 Å². The predicted molar refractivity (Wildman–Crippen MR) is 68.2 cm³/mol. The van der Waals surface area contributed by atoms with Crippen LogP contribution in [0.15, 0.2) is 24.4 Å². The van der Waals surface area contributed by atoms with Crippen LogP contribution in [0.2, 0.25) is 0 Å². The highest BCUT2D eigenvalue weighted by Crippen LogP contribution is 2.25. The number of methoxy groups -OCH3 is 1. The van der Waals surface area contributed by atoms with Gasteiger partial charge in [-0.15, -0.1) is 0 Å². The van der Waals surface area contributed by atoms with Crippen molar-refractivity contribution >= 4 is 0 Å². The van der Waals surface area contributed by atoms with Gasteiger partial charge in [0.15, 0.2) is 0 Å². The maximum absolute atomic E-state index is 5.05. The van der Waals surface area contributed by atoms with Gasteiger partial charge in [0.2, 0.25) is 0 Å². The highest BCUT2D eigenvalue weighted by molar-refractivity contribution is 5.65. The average Bonchev–Trinajstić information content (AvgIpc) is 2.34. The van der Waals surface area contributed by atoms with Crippen LogP contribution in [-0.4, -0.2) is 17.1 Å². The van der Waals surface area contributed by atoms with Gasteiger partial charge in [0, 0.05) is 11.8 Å². The summed E-state index contributed by atoms with van der Waals surface area (Å²) in [4.78, 5) is 8.38. The van der Waals surface area contributed by atoms with Crippen LogP contribution in [0.25, 0.3) is 11.3 Å². The molecule has 0 N–H and O–H groups in total. The quantitative estimate of drug-likeness (QED) is 0.792. The molecule has 0 fully saturated rings. The Morgan fingerprint density at radius 2 is 1.71 bits per heavy atom. The van der Waals surface area contributed by atoms with Gasteiger partial charge >= 0.3 is 6.01 Å². The molecule has 1 aromatic carbocycles. The molecule has 0 aliphatic heterocycles. The van der Waals surface area contributed by atoms with E-state index in [4.69, 9.17) is 4.74 Å². The molecule has 3 nitrogen and oxygen atoms in total. The van der Waals surface area contributed by atoms with Gasteiger partial charge in [-0.1, -0.05) is 6.07 Å². The number of hydrogen-bond donors (Lipinski definition) is 0. The number of aromatic nitrogens is 2. The monoisotopic (exact) mass is 228 g/mol. The highest BCUT2D eigenvalue weighted by Gasteiger charge is 2.07. The first-order chi connectivity index (χ1) is 8.11. The molecule has 0 aliphatic carbocycles. The van der Waals surface area contributed by atoms with Gasteiger partial charge in [0.1, 0.15) is 0 Å². The minimum Gasteiger partial charge on any atom is -0.467 e. The van der Waals surface area contributed by atoms with Crippen molar-refractivity contribution in [2.75, 3.05) is 7.11 Å². The second-order valence-corrected chi connectivity index (χ2v) is 4.18. The molecule has 0 radical (unpaired) electrons. The minimum atomic E-state index is 0.403. The Morgan fingerprint density at radius 1 is 1.00 bits per heavy atom. The van der Waals surface area contributed by atoms with E-state index in [9.17, 15) is 0 Å². The Morgan fingerprint density at radius 3 is 2.41 bits per heavy atom. The van der Waals surface area contributed by atoms with E-state index in [1.807, 2.05) is 6.07 Å². The summed E-state index contributed by atoms with van der Waals surface area (Å²) in [5, 5.41) is 0. The van der Waals surface area contributed by atoms with Crippen LogP contribution in [0.1, 0.15) is 16.7 Å². The number of aryl methyl sites for hydroxylation is 3. The van der Waals surface area contributed by atoms with Gasteiger partial charge < -0.3 is 4.74 Å². The summed E-state index contributed by atoms with van der Waals surface area (Å²) in [6, 6.07) is 6.64. The minimum absolute atomic E-state index is 0.403. The lowest BCUT2D eigenvalue weighted by Gasteiger charge is -2.09. The topological polar surface area (TPSA) is 35.0 Å². The van der Waals surface area contributed by atoms with Crippen LogP contribution in [0.4, 0.5) is 0 Å². The van der Waals surface area contributed by atoms with Crippen molar-refractivity contribution in [2.45, 2.75) is 20.8 Å². The zero-order valence-corrected chi connectivity index (χ0v) is 10.6. The first kappa shape index (κ1) is 11.6. The van der Waals surface area contributed by atoms with Crippen molar-refractivity contribution in [2.24, 2.45) is 0 Å². The lowest BCUT2D eigenvalue weighted by molar-refractivity contribution is 0.380. The summed E-state index contributed by atoms with van der Waals surface area (Å²) >= 11 is 0. The molecule has 0 saturated carbocycles. The van der Waals surface area contributed by atoms with Crippen molar-refractivity contribution in [1.82, 2.24) is 9.97 Å². The van der Waals surface area contributed by atoms with Crippen molar-refractivity contribution in [3.63, 3.8) is 0 Å². The summed E-state index contributed by atoms with van der Waals surface area (Å²) in [6.07, 6.45) is 1.72. The van der Waals surface area contributed by atoms with Gasteiger partial charge in [-0.3, -0.25) is 0 Å². The molecule has 0 unspecified atom stereocenters. The Bertz CT molecular complexity index is 550. The van der Waals surface area contributed by atoms with E-state index in [0.717, 1.165) is 11.3 Å². The van der Waals surface area contributed by atoms with Crippen LogP contribution in [0, 0.1) is 20.8 Å². The van der Waals surface area contributed by atoms with Crippen molar-refractivity contribution < 1.29 is 4.74 Å². The summed E-state index contributed by atoms with van der Waals surface area (Å²) in [5.74, 6) is 0. The van der Waals surface area contributed by atoms with Gasteiger partial charge in [0.05, 0.1) is 12.8 Å². The summed E-state index contributed by atoms with van der Waals surface area (Å²) in [6.45, 7) is 6.32. The molecule has 0 amide bonds. The molecule has 0 aliphatic rings. The molecular formula is C14H16N2O. The molecule has 1 heterocycles. The fraction of sp³-hybridized carbons (Fsp3) is 0.286. The lowest BCUT2D eigenvalue weighted by Crippen LogP contribution is -1.95. The SMILES string of the molecule is COc1nccc(-c2cc(C)c(C)cc2C)n1. The van der Waals surface area contributed by atoms with Crippen LogP contribution in [0.3, 0.4) is 0 Å². The highest BCUT2D eigenvalue weighted by atomic mass is 16.5. The van der Waals surface area contributed by atoms with Crippen molar-refractivity contribution in [3.05, 3.63) is 41.1 Å². The summed E-state index contributed by atoms with van der Waals surface area (Å²) < 4.78 is 5.05. The van der Waals surface area contributed by atoms with Crippen molar-refractivity contribution in [1.29, 1.82) is 0 Å². The maximum Gasteiger partial charge on any atom is 0.316 e. The van der Waals surface area contributed by atoms with Crippen LogP contribution >= 0.6 is 0 Å². The van der Waals surface area contributed by atoms with Gasteiger partial charge in [-0.25, -0.2) is 4.98 Å². The molecular weight excluding hydrogens is 212 g/mol. The third-order valence-corrected chi connectivity index (χ3v) is 2.93. The normalized spacial score (nSPS) is 10.4. The molecule has 0 atom stereocenters. The third-order valence-electron chi connectivity index (χ3n) is 2.93. The molecule has 0 spiro atoms. The first-order valence-electron chi connectivity index (χ1n) is 5.57. The Kier molecular flexibility index (Phi) is 3.09. The molecule has 17 heavy (non-hydrogen) atoms. The van der Waals surface area contributed by atoms with Gasteiger partial charge in [-0.05, 0) is 49.6 Å². The van der Waals surface area contributed by atoms with E-state index in [-0.39, 0.29) is 0 Å². The smallest absolute Gasteiger partial charge is 0.316 e. The molecule has 2 rings (SSSR count). The van der Waals surface area contributed by atoms with E-state index in [0.29, 0.717) is 6.01 Å². The largest absolute Gasteiger partial charge is 0.467 e. The molecule has 0 saturated heterocycles.